The van der Waals surface area contributed by atoms with Crippen LogP contribution in [0.4, 0.5) is 5.69 Å². The minimum atomic E-state index is 0.408. The largest absolute Gasteiger partial charge is 0.497 e. The third-order valence-electron chi connectivity index (χ3n) is 5.34. The number of piperidine rings is 1. The molecule has 0 radical (unpaired) electrons. The van der Waals surface area contributed by atoms with Crippen LogP contribution >= 0.6 is 11.3 Å². The molecule has 0 amide bonds. The van der Waals surface area contributed by atoms with Crippen molar-refractivity contribution in [3.05, 3.63) is 34.3 Å². The van der Waals surface area contributed by atoms with Gasteiger partial charge in [-0.2, -0.15) is 0 Å². The molecule has 1 saturated heterocycles. The topological polar surface area (TPSA) is 71.0 Å². The van der Waals surface area contributed by atoms with Gasteiger partial charge in [0, 0.05) is 68.4 Å². The van der Waals surface area contributed by atoms with Gasteiger partial charge in [0.05, 0.1) is 24.9 Å². The maximum Gasteiger partial charge on any atom is 0.191 e. The Morgan fingerprint density at radius 1 is 1.20 bits per heavy atom. The number of hydrogen-bond donors (Lipinski definition) is 2. The smallest absolute Gasteiger partial charge is 0.191 e. The summed E-state index contributed by atoms with van der Waals surface area (Å²) in [7, 11) is 5.19. The van der Waals surface area contributed by atoms with E-state index in [0.717, 1.165) is 74.2 Å². The normalized spacial score (nSPS) is 15.2. The number of rotatable bonds is 8. The molecule has 1 aromatic carbocycles. The van der Waals surface area contributed by atoms with Gasteiger partial charge in [-0.05, 0) is 19.3 Å². The average Bonchev–Trinajstić information content (AvgIpc) is 3.26. The van der Waals surface area contributed by atoms with Crippen LogP contribution in [0.2, 0.25) is 0 Å². The van der Waals surface area contributed by atoms with E-state index in [2.05, 4.69) is 49.9 Å². The molecule has 0 bridgehead atoms. The van der Waals surface area contributed by atoms with E-state index in [0.29, 0.717) is 6.04 Å². The number of aromatic nitrogens is 1. The summed E-state index contributed by atoms with van der Waals surface area (Å²) in [4.78, 5) is 11.4. The zero-order valence-corrected chi connectivity index (χ0v) is 19.2. The van der Waals surface area contributed by atoms with Gasteiger partial charge in [0.25, 0.3) is 0 Å². The zero-order chi connectivity index (χ0) is 21.3. The summed E-state index contributed by atoms with van der Waals surface area (Å²) < 4.78 is 10.8. The molecule has 1 aliphatic rings. The van der Waals surface area contributed by atoms with Gasteiger partial charge in [0.15, 0.2) is 5.96 Å². The maximum absolute atomic E-state index is 5.41. The summed E-state index contributed by atoms with van der Waals surface area (Å²) in [6.07, 6.45) is 4.01. The predicted octanol–water partition coefficient (Wildman–Crippen LogP) is 3.10. The zero-order valence-electron chi connectivity index (χ0n) is 18.4. The molecule has 0 aliphatic carbocycles. The number of nitrogens with zero attached hydrogens (tertiary/aromatic N) is 3. The number of hydrogen-bond acceptors (Lipinski definition) is 6. The number of aryl methyl sites for hydroxylation is 1. The van der Waals surface area contributed by atoms with Crippen molar-refractivity contribution in [2.75, 3.05) is 45.8 Å². The van der Waals surface area contributed by atoms with Crippen LogP contribution in [0.5, 0.6) is 11.5 Å². The van der Waals surface area contributed by atoms with Crippen molar-refractivity contribution in [1.29, 1.82) is 0 Å². The first-order valence-corrected chi connectivity index (χ1v) is 11.4. The lowest BCUT2D eigenvalue weighted by Crippen LogP contribution is -2.49. The van der Waals surface area contributed by atoms with Crippen LogP contribution < -0.4 is 25.0 Å². The molecule has 2 aromatic rings. The molecule has 0 saturated carbocycles. The first-order chi connectivity index (χ1) is 14.6. The van der Waals surface area contributed by atoms with Crippen molar-refractivity contribution in [2.45, 2.75) is 38.6 Å². The fourth-order valence-corrected chi connectivity index (χ4v) is 4.36. The molecule has 1 fully saturated rings. The predicted molar refractivity (Wildman–Crippen MR) is 124 cm³/mol. The van der Waals surface area contributed by atoms with Crippen molar-refractivity contribution >= 4 is 23.0 Å². The van der Waals surface area contributed by atoms with Crippen LogP contribution in [0.1, 0.15) is 30.5 Å². The molecule has 8 heteroatoms. The van der Waals surface area contributed by atoms with Crippen molar-refractivity contribution in [2.24, 2.45) is 4.99 Å². The molecule has 0 unspecified atom stereocenters. The van der Waals surface area contributed by atoms with Crippen LogP contribution in [-0.2, 0) is 12.8 Å². The molecule has 1 aromatic heterocycles. The van der Waals surface area contributed by atoms with Crippen LogP contribution in [0, 0.1) is 0 Å². The second kappa shape index (κ2) is 11.1. The summed E-state index contributed by atoms with van der Waals surface area (Å²) in [5, 5.41) is 10.3. The van der Waals surface area contributed by atoms with Gasteiger partial charge in [-0.15, -0.1) is 11.3 Å². The van der Waals surface area contributed by atoms with E-state index in [1.165, 1.54) is 5.01 Å². The Morgan fingerprint density at radius 3 is 2.47 bits per heavy atom. The molecule has 30 heavy (non-hydrogen) atoms. The first kappa shape index (κ1) is 22.2. The lowest BCUT2D eigenvalue weighted by atomic mass is 10.0. The van der Waals surface area contributed by atoms with E-state index >= 15 is 0 Å². The molecular formula is C22H33N5O2S. The third-order valence-corrected chi connectivity index (χ3v) is 6.38. The molecular weight excluding hydrogens is 398 g/mol. The Bertz CT molecular complexity index is 808. The van der Waals surface area contributed by atoms with Crippen molar-refractivity contribution in [3.63, 3.8) is 0 Å². The Kier molecular flexibility index (Phi) is 8.19. The lowest BCUT2D eigenvalue weighted by molar-refractivity contribution is 0.393. The fourth-order valence-electron chi connectivity index (χ4n) is 3.58. The highest BCUT2D eigenvalue weighted by atomic mass is 32.1. The van der Waals surface area contributed by atoms with Crippen molar-refractivity contribution < 1.29 is 9.47 Å². The first-order valence-electron chi connectivity index (χ1n) is 10.5. The molecule has 0 atom stereocenters. The highest BCUT2D eigenvalue weighted by molar-refractivity contribution is 7.09. The molecule has 7 nitrogen and oxygen atoms in total. The number of ether oxygens (including phenoxy) is 2. The van der Waals surface area contributed by atoms with Crippen LogP contribution in [0.15, 0.2) is 28.6 Å². The minimum absolute atomic E-state index is 0.408. The van der Waals surface area contributed by atoms with Crippen LogP contribution in [-0.4, -0.2) is 57.9 Å². The summed E-state index contributed by atoms with van der Waals surface area (Å²) in [5.41, 5.74) is 2.30. The Hall–Kier alpha value is -2.48. The molecule has 1 aliphatic heterocycles. The second-order valence-electron chi connectivity index (χ2n) is 7.31. The van der Waals surface area contributed by atoms with Crippen molar-refractivity contribution in [3.8, 4) is 11.5 Å². The highest BCUT2D eigenvalue weighted by Gasteiger charge is 2.21. The van der Waals surface area contributed by atoms with Crippen LogP contribution in [0.3, 0.4) is 0 Å². The monoisotopic (exact) mass is 431 g/mol. The summed E-state index contributed by atoms with van der Waals surface area (Å²) in [6, 6.07) is 6.45. The fraction of sp³-hybridized carbons (Fsp3) is 0.545. The Balaban J connectivity index is 1.46. The Labute approximate surface area is 183 Å². The van der Waals surface area contributed by atoms with Crippen LogP contribution in [0.25, 0.3) is 0 Å². The van der Waals surface area contributed by atoms with Gasteiger partial charge < -0.3 is 25.0 Å². The third kappa shape index (κ3) is 6.01. The van der Waals surface area contributed by atoms with E-state index in [4.69, 9.17) is 9.47 Å². The number of anilines is 1. The average molecular weight is 432 g/mol. The van der Waals surface area contributed by atoms with E-state index < -0.39 is 0 Å². The van der Waals surface area contributed by atoms with E-state index in [1.54, 1.807) is 25.6 Å². The number of thiazole rings is 1. The van der Waals surface area contributed by atoms with Gasteiger partial charge in [0.2, 0.25) is 0 Å². The second-order valence-corrected chi connectivity index (χ2v) is 8.25. The summed E-state index contributed by atoms with van der Waals surface area (Å²) in [5.74, 6) is 2.50. The van der Waals surface area contributed by atoms with Crippen molar-refractivity contribution in [1.82, 2.24) is 15.6 Å². The van der Waals surface area contributed by atoms with Gasteiger partial charge in [-0.3, -0.25) is 4.99 Å². The minimum Gasteiger partial charge on any atom is -0.497 e. The number of benzene rings is 1. The standard InChI is InChI=1S/C22H33N5O2S/c1-5-21-25-17(15-30-21)6-9-24-22(23-2)26-16-7-10-27(11-8-16)18-12-19(28-3)14-20(13-18)29-4/h12-16H,5-11H2,1-4H3,(H2,23,24,26). The number of guanidine groups is 1. The molecule has 164 valence electrons. The SMILES string of the molecule is CCc1nc(CCNC(=NC)NC2CCN(c3cc(OC)cc(OC)c3)CC2)cs1. The highest BCUT2D eigenvalue weighted by Crippen LogP contribution is 2.30. The lowest BCUT2D eigenvalue weighted by Gasteiger charge is -2.34. The van der Waals surface area contributed by atoms with Gasteiger partial charge in [-0.1, -0.05) is 6.92 Å². The maximum atomic E-state index is 5.41. The molecule has 0 spiro atoms. The number of aliphatic imine (C=N–C) groups is 1. The number of nitrogens with one attached hydrogen (secondary N) is 2. The van der Waals surface area contributed by atoms with E-state index in [1.807, 2.05) is 13.1 Å². The number of methoxy groups -OCH3 is 2. The Morgan fingerprint density at radius 2 is 1.90 bits per heavy atom. The quantitative estimate of drug-likeness (QED) is 0.494. The molecule has 2 heterocycles. The summed E-state index contributed by atoms with van der Waals surface area (Å²) >= 11 is 1.74. The molecule has 3 rings (SSSR count). The summed E-state index contributed by atoms with van der Waals surface area (Å²) in [6.45, 7) is 4.92. The van der Waals surface area contributed by atoms with Gasteiger partial charge in [0.1, 0.15) is 11.5 Å². The van der Waals surface area contributed by atoms with Gasteiger partial charge in [-0.25, -0.2) is 4.98 Å². The van der Waals surface area contributed by atoms with E-state index in [-0.39, 0.29) is 0 Å². The van der Waals surface area contributed by atoms with E-state index in [9.17, 15) is 0 Å². The van der Waals surface area contributed by atoms with Gasteiger partial charge >= 0.3 is 0 Å². The molecule has 2 N–H and O–H groups in total.